The monoisotopic (exact) mass is 337 g/mol. The highest BCUT2D eigenvalue weighted by atomic mass is 19.1. The Kier molecular flexibility index (Phi) is 4.31. The first-order valence-corrected chi connectivity index (χ1v) is 7.33. The standard InChI is InChI=1S/C19H13F2N3O/c1-3-18(25)23-15-9-16-13(11-24(2)19(16)22-10-15)5-4-12-6-7-14(20)8-17(12)21/h3,6-11H,1H2,2H3,(H,23,25). The summed E-state index contributed by atoms with van der Waals surface area (Å²) in [5.41, 5.74) is 1.88. The summed E-state index contributed by atoms with van der Waals surface area (Å²) in [5.74, 6) is 3.85. The minimum Gasteiger partial charge on any atom is -0.334 e. The maximum Gasteiger partial charge on any atom is 0.247 e. The molecule has 2 heterocycles. The molecule has 0 bridgehead atoms. The van der Waals surface area contributed by atoms with Gasteiger partial charge in [0.15, 0.2) is 0 Å². The lowest BCUT2D eigenvalue weighted by molar-refractivity contribution is -0.111. The number of hydrogen-bond donors (Lipinski definition) is 1. The van der Waals surface area contributed by atoms with Gasteiger partial charge in [0.05, 0.1) is 23.0 Å². The van der Waals surface area contributed by atoms with Crippen LogP contribution in [0.2, 0.25) is 0 Å². The quantitative estimate of drug-likeness (QED) is 0.576. The number of halogens is 2. The van der Waals surface area contributed by atoms with E-state index in [4.69, 9.17) is 0 Å². The summed E-state index contributed by atoms with van der Waals surface area (Å²) in [5, 5.41) is 3.34. The highest BCUT2D eigenvalue weighted by Gasteiger charge is 2.08. The van der Waals surface area contributed by atoms with Crippen LogP contribution in [0.5, 0.6) is 0 Å². The van der Waals surface area contributed by atoms with E-state index in [1.165, 1.54) is 12.3 Å². The molecule has 0 aliphatic rings. The fraction of sp³-hybridized carbons (Fsp3) is 0.0526. The van der Waals surface area contributed by atoms with Gasteiger partial charge in [-0.25, -0.2) is 13.8 Å². The number of benzene rings is 1. The zero-order valence-electron chi connectivity index (χ0n) is 13.3. The second kappa shape index (κ2) is 6.57. The Balaban J connectivity index is 2.04. The van der Waals surface area contributed by atoms with Gasteiger partial charge in [-0.3, -0.25) is 4.79 Å². The van der Waals surface area contributed by atoms with Crippen molar-refractivity contribution in [2.45, 2.75) is 0 Å². The molecule has 0 radical (unpaired) electrons. The van der Waals surface area contributed by atoms with Gasteiger partial charge in [0.2, 0.25) is 5.91 Å². The Hall–Kier alpha value is -3.46. The fourth-order valence-corrected chi connectivity index (χ4v) is 2.35. The van der Waals surface area contributed by atoms with Gasteiger partial charge in [-0.15, -0.1) is 0 Å². The van der Waals surface area contributed by atoms with Gasteiger partial charge < -0.3 is 9.88 Å². The molecule has 1 aromatic carbocycles. The lowest BCUT2D eigenvalue weighted by Crippen LogP contribution is -2.07. The smallest absolute Gasteiger partial charge is 0.247 e. The predicted molar refractivity (Wildman–Crippen MR) is 91.9 cm³/mol. The van der Waals surface area contributed by atoms with Crippen LogP contribution in [0, 0.1) is 23.5 Å². The number of anilines is 1. The number of amides is 1. The molecule has 0 unspecified atom stereocenters. The van der Waals surface area contributed by atoms with Crippen molar-refractivity contribution in [1.82, 2.24) is 9.55 Å². The molecule has 0 spiro atoms. The van der Waals surface area contributed by atoms with Gasteiger partial charge in [-0.2, -0.15) is 0 Å². The number of fused-ring (bicyclic) bond motifs is 1. The highest BCUT2D eigenvalue weighted by molar-refractivity contribution is 6.00. The molecule has 0 atom stereocenters. The van der Waals surface area contributed by atoms with Crippen LogP contribution in [0.1, 0.15) is 11.1 Å². The molecule has 25 heavy (non-hydrogen) atoms. The Morgan fingerprint density at radius 1 is 1.28 bits per heavy atom. The van der Waals surface area contributed by atoms with Crippen molar-refractivity contribution in [3.63, 3.8) is 0 Å². The normalized spacial score (nSPS) is 10.2. The van der Waals surface area contributed by atoms with Crippen molar-refractivity contribution in [2.24, 2.45) is 7.05 Å². The zero-order valence-corrected chi connectivity index (χ0v) is 13.3. The number of rotatable bonds is 2. The van der Waals surface area contributed by atoms with Crippen molar-refractivity contribution in [1.29, 1.82) is 0 Å². The molecular weight excluding hydrogens is 324 g/mol. The second-order valence-electron chi connectivity index (χ2n) is 5.32. The second-order valence-corrected chi connectivity index (χ2v) is 5.32. The molecule has 6 heteroatoms. The number of aryl methyl sites for hydroxylation is 1. The zero-order chi connectivity index (χ0) is 18.0. The largest absolute Gasteiger partial charge is 0.334 e. The molecule has 2 aromatic heterocycles. The minimum atomic E-state index is -0.718. The first kappa shape index (κ1) is 16.4. The number of hydrogen-bond acceptors (Lipinski definition) is 2. The first-order valence-electron chi connectivity index (χ1n) is 7.33. The average molecular weight is 337 g/mol. The molecule has 3 aromatic rings. The van der Waals surface area contributed by atoms with E-state index in [-0.39, 0.29) is 11.5 Å². The summed E-state index contributed by atoms with van der Waals surface area (Å²) < 4.78 is 28.4. The van der Waals surface area contributed by atoms with Crippen LogP contribution >= 0.6 is 0 Å². The molecule has 1 N–H and O–H groups in total. The van der Waals surface area contributed by atoms with Crippen LogP contribution in [0.25, 0.3) is 11.0 Å². The third kappa shape index (κ3) is 3.40. The van der Waals surface area contributed by atoms with E-state index >= 15 is 0 Å². The molecule has 0 aliphatic carbocycles. The van der Waals surface area contributed by atoms with Crippen molar-refractivity contribution >= 4 is 22.6 Å². The summed E-state index contributed by atoms with van der Waals surface area (Å²) in [6, 6.07) is 4.96. The Bertz CT molecular complexity index is 1060. The minimum absolute atomic E-state index is 0.0995. The molecule has 0 saturated carbocycles. The van der Waals surface area contributed by atoms with Crippen LogP contribution in [-0.4, -0.2) is 15.5 Å². The Morgan fingerprint density at radius 2 is 2.04 bits per heavy atom. The highest BCUT2D eigenvalue weighted by Crippen LogP contribution is 2.22. The summed E-state index contributed by atoms with van der Waals surface area (Å²) in [7, 11) is 1.81. The summed E-state index contributed by atoms with van der Waals surface area (Å²) in [4.78, 5) is 15.7. The third-order valence-corrected chi connectivity index (χ3v) is 3.53. The number of pyridine rings is 1. The topological polar surface area (TPSA) is 46.9 Å². The molecule has 1 amide bonds. The number of nitrogens with zero attached hydrogens (tertiary/aromatic N) is 2. The maximum atomic E-state index is 13.7. The van der Waals surface area contributed by atoms with E-state index in [9.17, 15) is 13.6 Å². The molecule has 0 saturated heterocycles. The van der Waals surface area contributed by atoms with Crippen LogP contribution < -0.4 is 5.32 Å². The van der Waals surface area contributed by atoms with Crippen molar-refractivity contribution in [3.05, 3.63) is 72.1 Å². The van der Waals surface area contributed by atoms with Crippen LogP contribution in [0.15, 0.2) is 49.3 Å². The fourth-order valence-electron chi connectivity index (χ4n) is 2.35. The predicted octanol–water partition coefficient (Wildman–Crippen LogP) is 3.38. The number of nitrogens with one attached hydrogen (secondary N) is 1. The van der Waals surface area contributed by atoms with E-state index in [2.05, 4.69) is 28.7 Å². The lowest BCUT2D eigenvalue weighted by atomic mass is 10.1. The summed E-state index contributed by atoms with van der Waals surface area (Å²) in [6.45, 7) is 3.40. The van der Waals surface area contributed by atoms with E-state index in [1.54, 1.807) is 23.9 Å². The van der Waals surface area contributed by atoms with Gasteiger partial charge in [0.1, 0.15) is 17.3 Å². The maximum absolute atomic E-state index is 13.7. The number of carbonyl (C=O) groups excluding carboxylic acids is 1. The van der Waals surface area contributed by atoms with Crippen molar-refractivity contribution in [3.8, 4) is 11.8 Å². The van der Waals surface area contributed by atoms with Gasteiger partial charge in [0, 0.05) is 24.7 Å². The van der Waals surface area contributed by atoms with Gasteiger partial charge >= 0.3 is 0 Å². The molecular formula is C19H13F2N3O. The first-order chi connectivity index (χ1) is 12.0. The van der Waals surface area contributed by atoms with Gasteiger partial charge in [-0.05, 0) is 24.3 Å². The molecule has 0 fully saturated rings. The number of aromatic nitrogens is 2. The van der Waals surface area contributed by atoms with Crippen LogP contribution in [0.3, 0.4) is 0 Å². The Labute approximate surface area is 142 Å². The summed E-state index contributed by atoms with van der Waals surface area (Å²) >= 11 is 0. The van der Waals surface area contributed by atoms with Gasteiger partial charge in [-0.1, -0.05) is 18.4 Å². The van der Waals surface area contributed by atoms with Crippen LogP contribution in [0.4, 0.5) is 14.5 Å². The third-order valence-electron chi connectivity index (χ3n) is 3.53. The summed E-state index contributed by atoms with van der Waals surface area (Å²) in [6.07, 6.45) is 4.44. The number of carbonyl (C=O) groups is 1. The van der Waals surface area contributed by atoms with Gasteiger partial charge in [0.25, 0.3) is 0 Å². The van der Waals surface area contributed by atoms with E-state index in [0.29, 0.717) is 22.3 Å². The van der Waals surface area contributed by atoms with E-state index in [0.717, 1.165) is 18.2 Å². The van der Waals surface area contributed by atoms with Crippen LogP contribution in [-0.2, 0) is 11.8 Å². The lowest BCUT2D eigenvalue weighted by Gasteiger charge is -2.02. The average Bonchev–Trinajstić information content (AvgIpc) is 2.89. The molecule has 0 aliphatic heterocycles. The SMILES string of the molecule is C=CC(=O)Nc1cnc2c(c1)c(C#Cc1ccc(F)cc1F)cn2C. The van der Waals surface area contributed by atoms with E-state index < -0.39 is 11.6 Å². The van der Waals surface area contributed by atoms with Crippen molar-refractivity contribution < 1.29 is 13.6 Å². The van der Waals surface area contributed by atoms with E-state index in [1.807, 2.05) is 0 Å². The molecule has 3 rings (SSSR count). The van der Waals surface area contributed by atoms with Crippen molar-refractivity contribution in [2.75, 3.05) is 5.32 Å². The Morgan fingerprint density at radius 3 is 2.76 bits per heavy atom. The molecule has 4 nitrogen and oxygen atoms in total. The molecule has 124 valence electrons.